The highest BCUT2D eigenvalue weighted by Crippen LogP contribution is 2.58. The predicted molar refractivity (Wildman–Crippen MR) is 135 cm³/mol. The number of benzene rings is 4. The zero-order valence-corrected chi connectivity index (χ0v) is 20.8. The van der Waals surface area contributed by atoms with Gasteiger partial charge in [0, 0.05) is 5.56 Å². The van der Waals surface area contributed by atoms with Crippen molar-refractivity contribution in [1.82, 2.24) is 9.97 Å². The zero-order chi connectivity index (χ0) is 21.8. The van der Waals surface area contributed by atoms with E-state index in [-0.39, 0.29) is 17.0 Å². The summed E-state index contributed by atoms with van der Waals surface area (Å²) in [6.07, 6.45) is 2.53. The van der Waals surface area contributed by atoms with Crippen LogP contribution in [0.25, 0.3) is 11.0 Å². The number of para-hydroxylation sites is 1. The molecule has 0 aliphatic rings. The van der Waals surface area contributed by atoms with E-state index in [0.29, 0.717) is 5.88 Å². The van der Waals surface area contributed by atoms with Gasteiger partial charge in [-0.2, -0.15) is 0 Å². The number of hydrogen-bond acceptors (Lipinski definition) is 3. The zero-order valence-electron chi connectivity index (χ0n) is 18.3. The average Bonchev–Trinajstić information content (AvgIpc) is 2.88. The van der Waals surface area contributed by atoms with Crippen molar-refractivity contribution in [3.63, 3.8) is 0 Å². The van der Waals surface area contributed by atoms with E-state index in [1.54, 1.807) is 13.3 Å². The molecule has 0 aliphatic heterocycles. The van der Waals surface area contributed by atoms with Crippen LogP contribution in [0.3, 0.4) is 0 Å². The van der Waals surface area contributed by atoms with Gasteiger partial charge in [0.05, 0.1) is 24.3 Å². The van der Waals surface area contributed by atoms with Gasteiger partial charge in [0.15, 0.2) is 0 Å². The quantitative estimate of drug-likeness (QED) is 0.325. The Hall–Kier alpha value is -3.07. The lowest BCUT2D eigenvalue weighted by molar-refractivity contribution is -0.00000669. The summed E-state index contributed by atoms with van der Waals surface area (Å²) < 4.78 is 5.40. The first-order chi connectivity index (χ1) is 15.8. The summed E-state index contributed by atoms with van der Waals surface area (Å²) in [7, 11) is -0.379. The number of halogens is 1. The Labute approximate surface area is 205 Å². The molecule has 164 valence electrons. The lowest BCUT2D eigenvalue weighted by Crippen LogP contribution is -3.00. The van der Waals surface area contributed by atoms with Crippen LogP contribution in [0.15, 0.2) is 115 Å². The predicted octanol–water partition coefficient (Wildman–Crippen LogP) is 2.14. The topological polar surface area (TPSA) is 35.0 Å². The van der Waals surface area contributed by atoms with Gasteiger partial charge in [-0.05, 0) is 42.5 Å². The standard InChI is InChI=1S/C28H24N2OP.BrH/c1-31-27-20-29-26-19-11-12-22(28(26)30-27)21-32(23-13-5-2-6-14-23,24-15-7-3-8-16-24)25-17-9-4-10-18-25;/h2-20H,21H2,1H3;1H/q+1;/p-1. The average molecular weight is 515 g/mol. The Morgan fingerprint density at radius 2 is 1.18 bits per heavy atom. The summed E-state index contributed by atoms with van der Waals surface area (Å²) in [6.45, 7) is 0. The number of hydrogen-bond donors (Lipinski definition) is 0. The fourth-order valence-electron chi connectivity index (χ4n) is 4.32. The lowest BCUT2D eigenvalue weighted by Gasteiger charge is -2.28. The number of rotatable bonds is 6. The van der Waals surface area contributed by atoms with Crippen LogP contribution in [0.4, 0.5) is 0 Å². The van der Waals surface area contributed by atoms with Gasteiger partial charge in [-0.25, -0.2) is 9.97 Å². The third kappa shape index (κ3) is 4.42. The molecule has 0 saturated carbocycles. The van der Waals surface area contributed by atoms with E-state index in [2.05, 4.69) is 108 Å². The van der Waals surface area contributed by atoms with E-state index in [1.807, 2.05) is 6.07 Å². The maximum absolute atomic E-state index is 5.40. The van der Waals surface area contributed by atoms with Crippen LogP contribution >= 0.6 is 7.26 Å². The van der Waals surface area contributed by atoms with Crippen LogP contribution in [0, 0.1) is 0 Å². The molecule has 5 heteroatoms. The molecule has 0 radical (unpaired) electrons. The van der Waals surface area contributed by atoms with E-state index in [4.69, 9.17) is 9.72 Å². The molecule has 0 N–H and O–H groups in total. The first kappa shape index (κ1) is 23.1. The molecule has 0 unspecified atom stereocenters. The van der Waals surface area contributed by atoms with E-state index < -0.39 is 7.26 Å². The summed E-state index contributed by atoms with van der Waals surface area (Å²) in [5.74, 6) is 0.535. The van der Waals surface area contributed by atoms with Crippen molar-refractivity contribution < 1.29 is 21.7 Å². The monoisotopic (exact) mass is 514 g/mol. The van der Waals surface area contributed by atoms with Gasteiger partial charge in [-0.3, -0.25) is 0 Å². The maximum atomic E-state index is 5.40. The van der Waals surface area contributed by atoms with Crippen molar-refractivity contribution in [3.05, 3.63) is 121 Å². The molecule has 0 fully saturated rings. The first-order valence-electron chi connectivity index (χ1n) is 10.6. The van der Waals surface area contributed by atoms with E-state index >= 15 is 0 Å². The maximum Gasteiger partial charge on any atom is 0.232 e. The fourth-order valence-corrected chi connectivity index (χ4v) is 8.58. The van der Waals surface area contributed by atoms with Crippen molar-refractivity contribution in [1.29, 1.82) is 0 Å². The summed E-state index contributed by atoms with van der Waals surface area (Å²) >= 11 is 0. The van der Waals surface area contributed by atoms with Gasteiger partial charge in [-0.1, -0.05) is 66.7 Å². The Morgan fingerprint density at radius 1 is 0.667 bits per heavy atom. The number of methoxy groups -OCH3 is 1. The molecule has 0 aliphatic carbocycles. The number of nitrogens with zero attached hydrogens (tertiary/aromatic N) is 2. The van der Waals surface area contributed by atoms with Gasteiger partial charge in [0.2, 0.25) is 5.88 Å². The minimum Gasteiger partial charge on any atom is -1.00 e. The molecular weight excluding hydrogens is 491 g/mol. The highest BCUT2D eigenvalue weighted by atomic mass is 79.9. The minimum atomic E-state index is -2.01. The number of aromatic nitrogens is 2. The van der Waals surface area contributed by atoms with Gasteiger partial charge in [-0.15, -0.1) is 0 Å². The van der Waals surface area contributed by atoms with Crippen molar-refractivity contribution in [2.45, 2.75) is 6.16 Å². The summed E-state index contributed by atoms with van der Waals surface area (Å²) in [5, 5.41) is 4.06. The van der Waals surface area contributed by atoms with Crippen LogP contribution in [0.2, 0.25) is 0 Å². The molecule has 4 aromatic carbocycles. The number of ether oxygens (including phenoxy) is 1. The van der Waals surface area contributed by atoms with Crippen molar-refractivity contribution in [2.75, 3.05) is 7.11 Å². The molecule has 1 heterocycles. The van der Waals surface area contributed by atoms with Crippen LogP contribution in [-0.4, -0.2) is 17.1 Å². The van der Waals surface area contributed by atoms with Crippen molar-refractivity contribution in [3.8, 4) is 5.88 Å². The fraction of sp³-hybridized carbons (Fsp3) is 0.0714. The SMILES string of the molecule is COc1cnc2cccc(C[P+](c3ccccc3)(c3ccccc3)c3ccccc3)c2n1.[Br-]. The second-order valence-corrected chi connectivity index (χ2v) is 11.2. The molecule has 0 spiro atoms. The van der Waals surface area contributed by atoms with Crippen molar-refractivity contribution >= 4 is 34.2 Å². The third-order valence-electron chi connectivity index (χ3n) is 5.84. The van der Waals surface area contributed by atoms with Gasteiger partial charge >= 0.3 is 0 Å². The molecule has 5 rings (SSSR count). The third-order valence-corrected chi connectivity index (χ3v) is 10.2. The van der Waals surface area contributed by atoms with Gasteiger partial charge in [0.25, 0.3) is 0 Å². The van der Waals surface area contributed by atoms with Crippen LogP contribution in [0.5, 0.6) is 5.88 Å². The number of fused-ring (bicyclic) bond motifs is 1. The lowest BCUT2D eigenvalue weighted by atomic mass is 10.2. The van der Waals surface area contributed by atoms with E-state index in [9.17, 15) is 0 Å². The molecule has 0 atom stereocenters. The Bertz CT molecular complexity index is 1240. The molecule has 0 bridgehead atoms. The van der Waals surface area contributed by atoms with Gasteiger partial charge < -0.3 is 21.7 Å². The normalized spacial score (nSPS) is 11.1. The van der Waals surface area contributed by atoms with Crippen LogP contribution < -0.4 is 37.6 Å². The largest absolute Gasteiger partial charge is 1.00 e. The minimum absolute atomic E-state index is 0. The Morgan fingerprint density at radius 3 is 1.67 bits per heavy atom. The summed E-state index contributed by atoms with van der Waals surface area (Å²) in [6, 6.07) is 39.0. The summed E-state index contributed by atoms with van der Waals surface area (Å²) in [5.41, 5.74) is 2.97. The molecule has 5 aromatic rings. The molecule has 33 heavy (non-hydrogen) atoms. The summed E-state index contributed by atoms with van der Waals surface area (Å²) in [4.78, 5) is 9.38. The van der Waals surface area contributed by atoms with Gasteiger partial charge in [0.1, 0.15) is 29.3 Å². The molecule has 0 saturated heterocycles. The second-order valence-electron chi connectivity index (χ2n) is 7.67. The second kappa shape index (κ2) is 10.2. The van der Waals surface area contributed by atoms with Crippen molar-refractivity contribution in [2.24, 2.45) is 0 Å². The highest BCUT2D eigenvalue weighted by Gasteiger charge is 2.45. The van der Waals surface area contributed by atoms with E-state index in [0.717, 1.165) is 17.2 Å². The molecular formula is C28H24BrN2OP. The van der Waals surface area contributed by atoms with Crippen LogP contribution in [-0.2, 0) is 6.16 Å². The molecule has 0 amide bonds. The molecule has 3 nitrogen and oxygen atoms in total. The smallest absolute Gasteiger partial charge is 0.232 e. The first-order valence-corrected chi connectivity index (χ1v) is 12.6. The van der Waals surface area contributed by atoms with Crippen LogP contribution in [0.1, 0.15) is 5.56 Å². The Kier molecular flexibility index (Phi) is 7.17. The van der Waals surface area contributed by atoms with E-state index in [1.165, 1.54) is 21.5 Å². The highest BCUT2D eigenvalue weighted by molar-refractivity contribution is 7.95. The molecule has 1 aromatic heterocycles. The Balaban J connectivity index is 0.00000259.